The quantitative estimate of drug-likeness (QED) is 0.315. The van der Waals surface area contributed by atoms with Crippen molar-refractivity contribution in [3.05, 3.63) is 70.8 Å². The topological polar surface area (TPSA) is 56.7 Å². The predicted octanol–water partition coefficient (Wildman–Crippen LogP) is 4.39. The average molecular weight is 534 g/mol. The van der Waals surface area contributed by atoms with Crippen LogP contribution in [0.25, 0.3) is 0 Å². The van der Waals surface area contributed by atoms with Crippen LogP contribution in [0.15, 0.2) is 53.5 Å². The standard InChI is InChI=1S/C25H34N4O.HI/c1-17(2)19-9-11-20(12-10-19)22-16-23(22)28-25(26-3)27-14-13-18-7-6-8-21(15-18)24(30)29(4)5;/h6-12,15,17,22-23H,13-14,16H2,1-5H3,(H2,26,27,28);1H. The summed E-state index contributed by atoms with van der Waals surface area (Å²) in [7, 11) is 5.35. The van der Waals surface area contributed by atoms with E-state index in [0.29, 0.717) is 17.9 Å². The number of amides is 1. The van der Waals surface area contributed by atoms with Crippen LogP contribution < -0.4 is 10.6 Å². The molecular formula is C25H35IN4O. The molecular weight excluding hydrogens is 499 g/mol. The summed E-state index contributed by atoms with van der Waals surface area (Å²) < 4.78 is 0. The molecule has 2 atom stereocenters. The number of nitrogens with zero attached hydrogens (tertiary/aromatic N) is 2. The highest BCUT2D eigenvalue weighted by Crippen LogP contribution is 2.41. The van der Waals surface area contributed by atoms with Gasteiger partial charge in [-0.2, -0.15) is 0 Å². The van der Waals surface area contributed by atoms with Gasteiger partial charge in [0.2, 0.25) is 0 Å². The summed E-state index contributed by atoms with van der Waals surface area (Å²) in [6.45, 7) is 5.21. The first-order chi connectivity index (χ1) is 14.4. The Labute approximate surface area is 203 Å². The maximum atomic E-state index is 12.1. The van der Waals surface area contributed by atoms with Crippen LogP contribution in [0.4, 0.5) is 0 Å². The lowest BCUT2D eigenvalue weighted by atomic mass is 10.0. The summed E-state index contributed by atoms with van der Waals surface area (Å²) in [6.07, 6.45) is 1.97. The van der Waals surface area contributed by atoms with Crippen LogP contribution in [-0.4, -0.2) is 50.5 Å². The highest BCUT2D eigenvalue weighted by atomic mass is 127. The summed E-state index contributed by atoms with van der Waals surface area (Å²) in [5.41, 5.74) is 4.65. The molecule has 1 fully saturated rings. The Morgan fingerprint density at radius 1 is 1.16 bits per heavy atom. The Morgan fingerprint density at radius 2 is 1.87 bits per heavy atom. The van der Waals surface area contributed by atoms with Crippen LogP contribution >= 0.6 is 24.0 Å². The molecule has 0 bridgehead atoms. The number of carbonyl (C=O) groups excluding carboxylic acids is 1. The third-order valence-electron chi connectivity index (χ3n) is 5.65. The van der Waals surface area contributed by atoms with E-state index >= 15 is 0 Å². The average Bonchev–Trinajstić information content (AvgIpc) is 3.51. The first kappa shape index (κ1) is 25.2. The molecule has 2 unspecified atom stereocenters. The second-order valence-electron chi connectivity index (χ2n) is 8.56. The van der Waals surface area contributed by atoms with Crippen LogP contribution in [0, 0.1) is 0 Å². The van der Waals surface area contributed by atoms with Crippen molar-refractivity contribution in [1.82, 2.24) is 15.5 Å². The lowest BCUT2D eigenvalue weighted by Gasteiger charge is -2.13. The Hall–Kier alpha value is -2.09. The zero-order chi connectivity index (χ0) is 21.7. The molecule has 2 N–H and O–H groups in total. The van der Waals surface area contributed by atoms with E-state index in [2.05, 4.69) is 59.8 Å². The molecule has 0 aliphatic heterocycles. The zero-order valence-corrected chi connectivity index (χ0v) is 21.5. The van der Waals surface area contributed by atoms with Gasteiger partial charge in [0.15, 0.2) is 5.96 Å². The fourth-order valence-corrected chi connectivity index (χ4v) is 3.66. The predicted molar refractivity (Wildman–Crippen MR) is 140 cm³/mol. The molecule has 5 nitrogen and oxygen atoms in total. The molecule has 0 aromatic heterocycles. The van der Waals surface area contributed by atoms with Crippen molar-refractivity contribution in [1.29, 1.82) is 0 Å². The van der Waals surface area contributed by atoms with Crippen molar-refractivity contribution in [3.8, 4) is 0 Å². The third kappa shape index (κ3) is 6.95. The zero-order valence-electron chi connectivity index (χ0n) is 19.2. The van der Waals surface area contributed by atoms with Gasteiger partial charge in [-0.1, -0.05) is 50.2 Å². The number of benzene rings is 2. The van der Waals surface area contributed by atoms with Gasteiger partial charge in [0, 0.05) is 45.2 Å². The van der Waals surface area contributed by atoms with Gasteiger partial charge in [-0.3, -0.25) is 9.79 Å². The molecule has 31 heavy (non-hydrogen) atoms. The van der Waals surface area contributed by atoms with E-state index in [1.54, 1.807) is 26.0 Å². The van der Waals surface area contributed by atoms with Crippen LogP contribution in [0.5, 0.6) is 0 Å². The van der Waals surface area contributed by atoms with E-state index in [1.807, 2.05) is 18.2 Å². The fourth-order valence-electron chi connectivity index (χ4n) is 3.66. The van der Waals surface area contributed by atoms with Crippen molar-refractivity contribution in [2.45, 2.75) is 44.6 Å². The van der Waals surface area contributed by atoms with Crippen LogP contribution in [0.1, 0.15) is 59.2 Å². The maximum absolute atomic E-state index is 12.1. The number of guanidine groups is 1. The molecule has 0 spiro atoms. The molecule has 2 aromatic rings. The van der Waals surface area contributed by atoms with Crippen molar-refractivity contribution in [3.63, 3.8) is 0 Å². The summed E-state index contributed by atoms with van der Waals surface area (Å²) in [5.74, 6) is 1.99. The lowest BCUT2D eigenvalue weighted by molar-refractivity contribution is 0.0827. The maximum Gasteiger partial charge on any atom is 0.253 e. The molecule has 0 saturated heterocycles. The number of nitrogens with one attached hydrogen (secondary N) is 2. The minimum Gasteiger partial charge on any atom is -0.356 e. The highest BCUT2D eigenvalue weighted by Gasteiger charge is 2.38. The Bertz CT molecular complexity index is 893. The van der Waals surface area contributed by atoms with Gasteiger partial charge in [0.25, 0.3) is 5.91 Å². The molecule has 3 rings (SSSR count). The van der Waals surface area contributed by atoms with Crippen LogP contribution in [0.2, 0.25) is 0 Å². The first-order valence-electron chi connectivity index (χ1n) is 10.8. The minimum atomic E-state index is 0. The fraction of sp³-hybridized carbons (Fsp3) is 0.440. The summed E-state index contributed by atoms with van der Waals surface area (Å²) >= 11 is 0. The highest BCUT2D eigenvalue weighted by molar-refractivity contribution is 14.0. The van der Waals surface area contributed by atoms with Crippen molar-refractivity contribution >= 4 is 35.8 Å². The number of aliphatic imine (C=N–C) groups is 1. The van der Waals surface area contributed by atoms with Gasteiger partial charge in [-0.25, -0.2) is 0 Å². The van der Waals surface area contributed by atoms with E-state index in [0.717, 1.165) is 36.5 Å². The molecule has 0 heterocycles. The van der Waals surface area contributed by atoms with E-state index in [9.17, 15) is 4.79 Å². The van der Waals surface area contributed by atoms with Gasteiger partial charge in [-0.05, 0) is 47.6 Å². The van der Waals surface area contributed by atoms with Gasteiger partial charge >= 0.3 is 0 Å². The second-order valence-corrected chi connectivity index (χ2v) is 8.56. The molecule has 168 valence electrons. The van der Waals surface area contributed by atoms with E-state index in [4.69, 9.17) is 0 Å². The van der Waals surface area contributed by atoms with Gasteiger partial charge in [0.05, 0.1) is 0 Å². The normalized spacial score (nSPS) is 17.7. The summed E-state index contributed by atoms with van der Waals surface area (Å²) in [6, 6.07) is 17.3. The second kappa shape index (κ2) is 11.5. The molecule has 1 saturated carbocycles. The van der Waals surface area contributed by atoms with E-state index in [-0.39, 0.29) is 29.9 Å². The lowest BCUT2D eigenvalue weighted by Crippen LogP contribution is -2.39. The van der Waals surface area contributed by atoms with Crippen molar-refractivity contribution in [2.75, 3.05) is 27.7 Å². The SMILES string of the molecule is CN=C(NCCc1cccc(C(=O)N(C)C)c1)NC1CC1c1ccc(C(C)C)cc1.I. The van der Waals surface area contributed by atoms with Crippen LogP contribution in [0.3, 0.4) is 0 Å². The first-order valence-corrected chi connectivity index (χ1v) is 10.8. The molecule has 0 radical (unpaired) electrons. The monoisotopic (exact) mass is 534 g/mol. The van der Waals surface area contributed by atoms with Crippen LogP contribution in [-0.2, 0) is 6.42 Å². The van der Waals surface area contributed by atoms with Gasteiger partial charge in [0.1, 0.15) is 0 Å². The van der Waals surface area contributed by atoms with E-state index in [1.165, 1.54) is 11.1 Å². The number of hydrogen-bond donors (Lipinski definition) is 2. The number of halogens is 1. The summed E-state index contributed by atoms with van der Waals surface area (Å²) in [5, 5.41) is 6.94. The molecule has 1 aliphatic carbocycles. The Balaban J connectivity index is 0.00000341. The number of carbonyl (C=O) groups is 1. The van der Waals surface area contributed by atoms with Gasteiger partial charge < -0.3 is 15.5 Å². The minimum absolute atomic E-state index is 0. The number of rotatable bonds is 7. The molecule has 1 aliphatic rings. The Morgan fingerprint density at radius 3 is 2.48 bits per heavy atom. The van der Waals surface area contributed by atoms with Crippen molar-refractivity contribution in [2.24, 2.45) is 4.99 Å². The smallest absolute Gasteiger partial charge is 0.253 e. The Kier molecular flexibility index (Phi) is 9.34. The summed E-state index contributed by atoms with van der Waals surface area (Å²) in [4.78, 5) is 18.1. The van der Waals surface area contributed by atoms with Crippen molar-refractivity contribution < 1.29 is 4.79 Å². The molecule has 2 aromatic carbocycles. The molecule has 1 amide bonds. The largest absolute Gasteiger partial charge is 0.356 e. The van der Waals surface area contributed by atoms with Gasteiger partial charge in [-0.15, -0.1) is 24.0 Å². The number of hydrogen-bond acceptors (Lipinski definition) is 2. The third-order valence-corrected chi connectivity index (χ3v) is 5.65. The van der Waals surface area contributed by atoms with E-state index < -0.39 is 0 Å². The molecule has 6 heteroatoms.